The molecule has 8 aromatic carbocycles. The standard InChI is InChI=1S/C30H35N2.2C28H38N.2C24H31N2/c1-19(2)29(20(3)4)24-12-13-27-26(16-24)15-22(6)32(7)30(27)28-17-23(11-10-21(28)5)25-9-8-14-31-18-25;2*1-17(2)24-14-20(7)21(8)26(16-24)28-25-11-10-23(27(18(3)4)19(5)6)15-22(25)12-13-29(28)9;1-15(2)23(16(3)4)19-8-9-22-20(13-19)12-18(6)26(7)24(22)21-10-11-25-14-17(21)5;1-15(2)23(16(3)4)19-8-9-21-20(13-19)12-18(6)26(7)24(21)22-14-25-11-10-17(22)5/h8-20,29H,1-7H3;2*10-19,27H,1-9H3;2*8-16,23H,1-7H3/q5*+1/i15D;1D3,12D,13D,17D;12D,13D,17D;2*12D. The average Bonchev–Trinajstić information content (AvgIpc) is 0.740. The maximum Gasteiger partial charge on any atom is 0.222 e. The second-order valence-corrected chi connectivity index (χ2v) is 44.4. The van der Waals surface area contributed by atoms with Gasteiger partial charge in [-0.25, -0.2) is 9.13 Å². The van der Waals surface area contributed by atoms with E-state index in [4.69, 9.17) is 16.4 Å². The predicted molar refractivity (Wildman–Crippen MR) is 609 cm³/mol. The Morgan fingerprint density at radius 3 is 0.923 bits per heavy atom. The van der Waals surface area contributed by atoms with E-state index in [0.717, 1.165) is 160 Å². The van der Waals surface area contributed by atoms with Crippen LogP contribution >= 0.6 is 0 Å². The summed E-state index contributed by atoms with van der Waals surface area (Å²) in [6.07, 6.45) is 11.6. The van der Waals surface area contributed by atoms with Crippen LogP contribution in [-0.2, 0) is 35.2 Å². The van der Waals surface area contributed by atoms with Gasteiger partial charge < -0.3 is 0 Å². The van der Waals surface area contributed by atoms with Crippen molar-refractivity contribution in [3.63, 3.8) is 0 Å². The lowest BCUT2D eigenvalue weighted by Crippen LogP contribution is -2.35. The Morgan fingerprint density at radius 2 is 0.585 bits per heavy atom. The maximum atomic E-state index is 8.94. The molecule has 0 aliphatic carbocycles. The lowest BCUT2D eigenvalue weighted by Gasteiger charge is -2.25. The summed E-state index contributed by atoms with van der Waals surface area (Å²) in [7, 11) is 9.84. The molecule has 16 rings (SSSR count). The fraction of sp³-hybridized carbons (Fsp3) is 0.418. The number of fused-ring (bicyclic) bond motifs is 5. The van der Waals surface area contributed by atoms with Gasteiger partial charge in [-0.15, -0.1) is 0 Å². The van der Waals surface area contributed by atoms with Gasteiger partial charge in [-0.1, -0.05) is 257 Å². The molecule has 8 heterocycles. The molecular weight excluding hydrogens is 1720 g/mol. The van der Waals surface area contributed by atoms with Gasteiger partial charge in [0, 0.05) is 101 Å². The summed E-state index contributed by atoms with van der Waals surface area (Å²) in [5, 5.41) is 9.91. The summed E-state index contributed by atoms with van der Waals surface area (Å²) >= 11 is 0. The first kappa shape index (κ1) is 92.7. The van der Waals surface area contributed by atoms with Crippen LogP contribution in [0.2, 0.25) is 0 Å². The van der Waals surface area contributed by atoms with Gasteiger partial charge in [-0.05, 0) is 326 Å². The molecule has 0 saturated carbocycles. The molecule has 0 aliphatic heterocycles. The van der Waals surface area contributed by atoms with Crippen molar-refractivity contribution in [2.45, 2.75) is 277 Å². The Bertz CT molecular complexity index is 7650. The van der Waals surface area contributed by atoms with E-state index < -0.39 is 18.6 Å². The van der Waals surface area contributed by atoms with E-state index in [1.165, 1.54) is 57.1 Å². The molecule has 1 atom stereocenters. The fourth-order valence-corrected chi connectivity index (χ4v) is 23.1. The third-order valence-electron chi connectivity index (χ3n) is 30.4. The van der Waals surface area contributed by atoms with Crippen molar-refractivity contribution in [1.82, 2.24) is 15.0 Å². The molecule has 0 amide bonds. The molecule has 0 bridgehead atoms. The zero-order valence-electron chi connectivity index (χ0n) is 105. The van der Waals surface area contributed by atoms with Crippen LogP contribution in [0.3, 0.4) is 0 Å². The summed E-state index contributed by atoms with van der Waals surface area (Å²) in [6.45, 7) is 68.7. The van der Waals surface area contributed by atoms with Crippen molar-refractivity contribution in [1.29, 1.82) is 0 Å². The summed E-state index contributed by atoms with van der Waals surface area (Å²) < 4.78 is 112. The Hall–Kier alpha value is -11.7. The van der Waals surface area contributed by atoms with Gasteiger partial charge in [-0.3, -0.25) is 15.0 Å². The van der Waals surface area contributed by atoms with Crippen LogP contribution in [0.25, 0.3) is 121 Å². The molecule has 0 spiro atoms. The van der Waals surface area contributed by atoms with Crippen molar-refractivity contribution in [2.75, 3.05) is 0 Å². The Morgan fingerprint density at radius 1 is 0.261 bits per heavy atom. The molecule has 8 heteroatoms. The minimum atomic E-state index is -2.49. The first-order valence-corrected chi connectivity index (χ1v) is 52.1. The second-order valence-electron chi connectivity index (χ2n) is 44.4. The lowest BCUT2D eigenvalue weighted by atomic mass is 9.79. The SMILES string of the molecule is [2H]c1c(C)[n+](C)c(-c2cc(-c3cccnc3)ccc2C)c2ccc(C(C(C)C)C(C)C)cc12.[2H]c1c(C)[n+](C)c(-c2ccncc2C)c2ccc(C(C(C)C)C(C)C)cc12.[2H]c1c(C)[n+](C)c(-c2cnccc2C)c2ccc(C(C(C)C)C(C)C)cc12.[2H]c1c([2H])[n+](C)c(-c2cc(C([2H])(C)C([2H])([2H])[2H])cc(C)c2C)c2ccc(C(C(C)C)C(C)C)cc12.[2H]c1c([2H])[n+](C)c(-c2cc(C([2H])(C)C)cc(C)c2C)c2ccc(C(C(C)C)C(C)C)cc12. The monoisotopic (exact) mass is 1910 g/mol. The largest absolute Gasteiger partial charge is 0.264 e. The Balaban J connectivity index is 0.000000171. The van der Waals surface area contributed by atoms with Crippen LogP contribution in [0.15, 0.2) is 237 Å². The van der Waals surface area contributed by atoms with Crippen molar-refractivity contribution >= 4 is 53.9 Å². The number of hydrogen-bond acceptors (Lipinski definition) is 3. The van der Waals surface area contributed by atoms with Crippen LogP contribution in [0.5, 0.6) is 0 Å². The van der Waals surface area contributed by atoms with E-state index in [-0.39, 0.29) is 24.4 Å². The van der Waals surface area contributed by atoms with E-state index in [9.17, 15) is 0 Å². The molecule has 142 heavy (non-hydrogen) atoms. The Labute approximate surface area is 874 Å². The maximum absolute atomic E-state index is 8.94. The van der Waals surface area contributed by atoms with Gasteiger partial charge >= 0.3 is 0 Å². The smallest absolute Gasteiger partial charge is 0.222 e. The zero-order chi connectivity index (χ0) is 114. The number of rotatable bonds is 23. The van der Waals surface area contributed by atoms with Gasteiger partial charge in [0.25, 0.3) is 0 Å². The van der Waals surface area contributed by atoms with Gasteiger partial charge in [0.1, 0.15) is 38.0 Å². The summed E-state index contributed by atoms with van der Waals surface area (Å²) in [6, 6.07) is 57.9. The van der Waals surface area contributed by atoms with Crippen LogP contribution in [-0.4, -0.2) is 15.0 Å². The minimum absolute atomic E-state index is 0.0993. The quantitative estimate of drug-likeness (QED) is 0.0600. The van der Waals surface area contributed by atoms with Crippen LogP contribution in [0.1, 0.15) is 319 Å². The van der Waals surface area contributed by atoms with E-state index in [1.807, 2.05) is 116 Å². The highest BCUT2D eigenvalue weighted by Gasteiger charge is 2.32. The molecule has 0 radical (unpaired) electrons. The molecule has 16 aromatic rings. The molecule has 8 nitrogen and oxygen atoms in total. The molecule has 0 aliphatic rings. The first-order valence-electron chi connectivity index (χ1n) is 58.1. The van der Waals surface area contributed by atoms with Crippen LogP contribution in [0.4, 0.5) is 0 Å². The number of hydrogen-bond donors (Lipinski definition) is 0. The number of aromatic nitrogens is 8. The van der Waals surface area contributed by atoms with Crippen LogP contribution in [0, 0.1) is 128 Å². The van der Waals surface area contributed by atoms with Gasteiger partial charge in [-0.2, -0.15) is 13.7 Å². The van der Waals surface area contributed by atoms with Gasteiger partial charge in [0.05, 0.1) is 61.6 Å². The topological polar surface area (TPSA) is 58.1 Å². The molecule has 8 aromatic heterocycles. The Kier molecular flexibility index (Phi) is 30.5. The van der Waals surface area contributed by atoms with E-state index in [2.05, 4.69) is 350 Å². The highest BCUT2D eigenvalue weighted by atomic mass is 15.0. The second kappa shape index (κ2) is 46.8. The third kappa shape index (κ3) is 24.0. The van der Waals surface area contributed by atoms with E-state index >= 15 is 0 Å². The van der Waals surface area contributed by atoms with Crippen LogP contribution < -0.4 is 22.8 Å². The summed E-state index contributed by atoms with van der Waals surface area (Å²) in [5.41, 5.74) is 31.2. The predicted octanol–water partition coefficient (Wildman–Crippen LogP) is 33.8. The average molecular weight is 1910 g/mol. The number of nitrogens with zero attached hydrogens (tertiary/aromatic N) is 8. The molecule has 1 unspecified atom stereocenters. The molecule has 0 saturated heterocycles. The molecule has 0 N–H and O–H groups in total. The molecule has 744 valence electrons. The van der Waals surface area contributed by atoms with Crippen molar-refractivity contribution in [2.24, 2.45) is 94.4 Å². The summed E-state index contributed by atoms with van der Waals surface area (Å²) in [5.74, 6) is 4.96. The van der Waals surface area contributed by atoms with Gasteiger partial charge in [0.2, 0.25) is 28.5 Å². The number of pyridine rings is 8. The van der Waals surface area contributed by atoms with Crippen molar-refractivity contribution in [3.05, 3.63) is 332 Å². The normalized spacial score (nSPS) is 13.8. The highest BCUT2D eigenvalue weighted by molar-refractivity contribution is 5.99. The number of benzene rings is 8. The van der Waals surface area contributed by atoms with Crippen molar-refractivity contribution < 1.29 is 39.3 Å². The zero-order valence-corrected chi connectivity index (χ0v) is 93.2. The molecular formula is C134H173N8+5. The van der Waals surface area contributed by atoms with Gasteiger partial charge in [0.15, 0.2) is 29.4 Å². The third-order valence-corrected chi connectivity index (χ3v) is 30.4. The van der Waals surface area contributed by atoms with E-state index in [0.29, 0.717) is 112 Å². The lowest BCUT2D eigenvalue weighted by molar-refractivity contribution is -0.665. The minimum Gasteiger partial charge on any atom is -0.264 e. The first-order chi connectivity index (χ1) is 71.9. The van der Waals surface area contributed by atoms with E-state index in [1.54, 1.807) is 23.7 Å². The van der Waals surface area contributed by atoms with Crippen molar-refractivity contribution in [3.8, 4) is 67.4 Å². The molecule has 0 fully saturated rings. The summed E-state index contributed by atoms with van der Waals surface area (Å²) in [4.78, 5) is 12.9. The number of aryl methyl sites for hydroxylation is 5. The highest BCUT2D eigenvalue weighted by Crippen LogP contribution is 2.45. The fourth-order valence-electron chi connectivity index (χ4n) is 23.1.